The minimum atomic E-state index is -1.20. The van der Waals surface area contributed by atoms with Gasteiger partial charge in [-0.2, -0.15) is 0 Å². The van der Waals surface area contributed by atoms with Crippen LogP contribution in [0.25, 0.3) is 11.3 Å². The molecule has 2 N–H and O–H groups in total. The fourth-order valence-corrected chi connectivity index (χ4v) is 5.04. The summed E-state index contributed by atoms with van der Waals surface area (Å²) in [6.07, 6.45) is 2.55. The Balaban J connectivity index is 1.81. The van der Waals surface area contributed by atoms with Crippen LogP contribution in [0.3, 0.4) is 0 Å². The van der Waals surface area contributed by atoms with Gasteiger partial charge in [-0.1, -0.05) is 6.92 Å². The fourth-order valence-electron chi connectivity index (χ4n) is 5.04. The first-order valence-corrected chi connectivity index (χ1v) is 10.9. The summed E-state index contributed by atoms with van der Waals surface area (Å²) in [5.74, 6) is -0.842. The van der Waals surface area contributed by atoms with Crippen LogP contribution in [-0.2, 0) is 9.53 Å². The predicted octanol–water partition coefficient (Wildman–Crippen LogP) is 3.01. The molecule has 0 radical (unpaired) electrons. The first kappa shape index (κ1) is 22.5. The lowest BCUT2D eigenvalue weighted by Gasteiger charge is -2.54. The number of carbonyl (C=O) groups excluding carboxylic acids is 1. The molecule has 1 unspecified atom stereocenters. The largest absolute Gasteiger partial charge is 0.482 e. The van der Waals surface area contributed by atoms with Gasteiger partial charge in [0.05, 0.1) is 11.7 Å². The SMILES string of the molecule is CCC(C)(O)[C@@H]1C[C@@H]2[C@@H](O)c3c(cc(-c4cccnc4)oc3=O)O[C@@]2(C)[C@H](OC(C)=O)C1. The normalized spacial score (nSPS) is 30.9. The molecular weight excluding hydrogens is 414 g/mol. The van der Waals surface area contributed by atoms with Crippen molar-refractivity contribution in [3.8, 4) is 17.1 Å². The second-order valence-corrected chi connectivity index (χ2v) is 9.23. The number of hydrogen-bond donors (Lipinski definition) is 2. The van der Waals surface area contributed by atoms with E-state index in [1.54, 1.807) is 44.4 Å². The fraction of sp³-hybridized carbons (Fsp3) is 0.542. The van der Waals surface area contributed by atoms with Crippen molar-refractivity contribution in [1.29, 1.82) is 0 Å². The molecular formula is C24H29NO7. The number of rotatable bonds is 4. The Kier molecular flexibility index (Phi) is 5.63. The highest BCUT2D eigenvalue weighted by molar-refractivity contribution is 5.66. The molecule has 1 saturated carbocycles. The maximum Gasteiger partial charge on any atom is 0.345 e. The van der Waals surface area contributed by atoms with Crippen LogP contribution in [0.15, 0.2) is 39.8 Å². The standard InChI is InChI=1S/C24H29NO7/c1-5-23(3,29)15-9-16-21(27)20-18(32-24(16,4)19(10-15)30-13(2)26)11-17(31-22(20)28)14-7-6-8-25-12-14/h6-8,11-12,15-16,19,21,27,29H,5,9-10H2,1-4H3/t15-,16-,19-,21-,23?,24-/m1/s1. The molecule has 6 atom stereocenters. The van der Waals surface area contributed by atoms with Crippen molar-refractivity contribution in [3.63, 3.8) is 0 Å². The number of ether oxygens (including phenoxy) is 2. The van der Waals surface area contributed by atoms with Crippen LogP contribution in [0.4, 0.5) is 0 Å². The zero-order valence-electron chi connectivity index (χ0n) is 18.7. The van der Waals surface area contributed by atoms with Gasteiger partial charge in [-0.3, -0.25) is 9.78 Å². The number of fused-ring (bicyclic) bond motifs is 2. The molecule has 0 amide bonds. The van der Waals surface area contributed by atoms with Crippen molar-refractivity contribution in [2.24, 2.45) is 11.8 Å². The number of aromatic nitrogens is 1. The molecule has 8 heteroatoms. The van der Waals surface area contributed by atoms with E-state index in [1.807, 2.05) is 6.92 Å². The van der Waals surface area contributed by atoms with E-state index in [-0.39, 0.29) is 23.0 Å². The molecule has 2 aromatic heterocycles. The maximum absolute atomic E-state index is 12.9. The van der Waals surface area contributed by atoms with Gasteiger partial charge in [-0.25, -0.2) is 4.79 Å². The predicted molar refractivity (Wildman–Crippen MR) is 115 cm³/mol. The smallest absolute Gasteiger partial charge is 0.345 e. The topological polar surface area (TPSA) is 119 Å². The quantitative estimate of drug-likeness (QED) is 0.692. The third kappa shape index (κ3) is 3.71. The van der Waals surface area contributed by atoms with Crippen molar-refractivity contribution in [2.75, 3.05) is 0 Å². The second-order valence-electron chi connectivity index (χ2n) is 9.23. The number of hydrogen-bond acceptors (Lipinski definition) is 8. The first-order chi connectivity index (χ1) is 15.1. The van der Waals surface area contributed by atoms with Crippen LogP contribution < -0.4 is 10.4 Å². The van der Waals surface area contributed by atoms with Crippen LogP contribution in [0.5, 0.6) is 5.75 Å². The lowest BCUT2D eigenvalue weighted by molar-refractivity contribution is -0.204. The van der Waals surface area contributed by atoms with Crippen LogP contribution in [0.2, 0.25) is 0 Å². The van der Waals surface area contributed by atoms with E-state index < -0.39 is 40.9 Å². The molecule has 3 heterocycles. The molecule has 8 nitrogen and oxygen atoms in total. The van der Waals surface area contributed by atoms with Crippen LogP contribution in [-0.4, -0.2) is 38.5 Å². The zero-order valence-corrected chi connectivity index (χ0v) is 18.7. The van der Waals surface area contributed by atoms with Gasteiger partial charge in [0.2, 0.25) is 0 Å². The lowest BCUT2D eigenvalue weighted by Crippen LogP contribution is -2.62. The van der Waals surface area contributed by atoms with Crippen LogP contribution in [0, 0.1) is 11.8 Å². The van der Waals surface area contributed by atoms with Gasteiger partial charge in [0.25, 0.3) is 0 Å². The number of carbonyl (C=O) groups is 1. The average molecular weight is 443 g/mol. The Labute approximate surface area is 186 Å². The second kappa shape index (κ2) is 8.01. The van der Waals surface area contributed by atoms with Gasteiger partial charge in [0.1, 0.15) is 28.8 Å². The van der Waals surface area contributed by atoms with Gasteiger partial charge in [0.15, 0.2) is 0 Å². The van der Waals surface area contributed by atoms with Crippen molar-refractivity contribution in [3.05, 3.63) is 46.6 Å². The Hall–Kier alpha value is -2.71. The Morgan fingerprint density at radius 3 is 2.78 bits per heavy atom. The van der Waals surface area contributed by atoms with E-state index in [9.17, 15) is 19.8 Å². The lowest BCUT2D eigenvalue weighted by atomic mass is 9.61. The number of pyridine rings is 1. The summed E-state index contributed by atoms with van der Waals surface area (Å²) in [7, 11) is 0. The van der Waals surface area contributed by atoms with Gasteiger partial charge >= 0.3 is 11.6 Å². The summed E-state index contributed by atoms with van der Waals surface area (Å²) in [6, 6.07) is 5.04. The van der Waals surface area contributed by atoms with Gasteiger partial charge in [-0.05, 0) is 51.2 Å². The minimum Gasteiger partial charge on any atom is -0.482 e. The molecule has 4 rings (SSSR count). The molecule has 1 aliphatic heterocycles. The third-order valence-corrected chi connectivity index (χ3v) is 7.22. The highest BCUT2D eigenvalue weighted by Crippen LogP contribution is 2.54. The minimum absolute atomic E-state index is 0.0403. The summed E-state index contributed by atoms with van der Waals surface area (Å²) in [5, 5.41) is 22.2. The summed E-state index contributed by atoms with van der Waals surface area (Å²) < 4.78 is 17.5. The number of aliphatic hydroxyl groups is 2. The molecule has 0 bridgehead atoms. The molecule has 1 aliphatic carbocycles. The zero-order chi connectivity index (χ0) is 23.3. The van der Waals surface area contributed by atoms with Crippen molar-refractivity contribution in [1.82, 2.24) is 4.98 Å². The molecule has 172 valence electrons. The van der Waals surface area contributed by atoms with Gasteiger partial charge in [-0.15, -0.1) is 0 Å². The Morgan fingerprint density at radius 1 is 1.41 bits per heavy atom. The van der Waals surface area contributed by atoms with Crippen LogP contribution in [0.1, 0.15) is 58.6 Å². The van der Waals surface area contributed by atoms with Gasteiger partial charge in [0, 0.05) is 36.9 Å². The molecule has 2 aliphatic rings. The summed E-state index contributed by atoms with van der Waals surface area (Å²) in [5.41, 5.74) is -2.16. The van der Waals surface area contributed by atoms with E-state index in [2.05, 4.69) is 4.98 Å². The third-order valence-electron chi connectivity index (χ3n) is 7.22. The highest BCUT2D eigenvalue weighted by atomic mass is 16.6. The maximum atomic E-state index is 12.9. The molecule has 1 fully saturated rings. The van der Waals surface area contributed by atoms with Crippen LogP contribution >= 0.6 is 0 Å². The highest BCUT2D eigenvalue weighted by Gasteiger charge is 2.59. The molecule has 0 spiro atoms. The Bertz CT molecular complexity index is 1060. The van der Waals surface area contributed by atoms with Crippen molar-refractivity contribution < 1.29 is 28.9 Å². The van der Waals surface area contributed by atoms with E-state index in [0.29, 0.717) is 24.8 Å². The van der Waals surface area contributed by atoms with Crippen molar-refractivity contribution >= 4 is 5.97 Å². The number of aliphatic hydroxyl groups excluding tert-OH is 1. The average Bonchev–Trinajstić information content (AvgIpc) is 2.74. The van der Waals surface area contributed by atoms with Gasteiger partial charge < -0.3 is 24.1 Å². The summed E-state index contributed by atoms with van der Waals surface area (Å²) in [6.45, 7) is 6.73. The van der Waals surface area contributed by atoms with E-state index in [1.165, 1.54) is 6.92 Å². The number of nitrogens with zero attached hydrogens (tertiary/aromatic N) is 1. The first-order valence-electron chi connectivity index (χ1n) is 10.9. The summed E-state index contributed by atoms with van der Waals surface area (Å²) >= 11 is 0. The van der Waals surface area contributed by atoms with E-state index in [4.69, 9.17) is 13.9 Å². The number of esters is 1. The van der Waals surface area contributed by atoms with E-state index in [0.717, 1.165) is 0 Å². The molecule has 2 aromatic rings. The summed E-state index contributed by atoms with van der Waals surface area (Å²) in [4.78, 5) is 28.8. The van der Waals surface area contributed by atoms with Crippen molar-refractivity contribution in [2.45, 2.75) is 70.4 Å². The molecule has 32 heavy (non-hydrogen) atoms. The Morgan fingerprint density at radius 2 is 2.16 bits per heavy atom. The molecule has 0 saturated heterocycles. The van der Waals surface area contributed by atoms with E-state index >= 15 is 0 Å². The molecule has 0 aromatic carbocycles. The monoisotopic (exact) mass is 443 g/mol.